The lowest BCUT2D eigenvalue weighted by molar-refractivity contribution is -0.127. The molecule has 6 N–H and O–H groups in total. The van der Waals surface area contributed by atoms with Crippen LogP contribution in [-0.2, 0) is 9.59 Å². The molecule has 16 heavy (non-hydrogen) atoms. The molecule has 6 heteroatoms. The molecule has 1 rings (SSSR count). The largest absolute Gasteiger partial charge is 0.381 e. The molecule has 0 spiro atoms. The van der Waals surface area contributed by atoms with Gasteiger partial charge in [-0.25, -0.2) is 0 Å². The standard InChI is InChI=1S/C10H19N3O3/c11-9(16)7(14)6-13-8(15)5-10(12)3-1-2-4-10/h7,14H,1-6,12H2,(H2,11,16)(H,13,15). The van der Waals surface area contributed by atoms with Gasteiger partial charge in [-0.15, -0.1) is 0 Å². The highest BCUT2D eigenvalue weighted by atomic mass is 16.3. The molecule has 0 aromatic heterocycles. The molecular weight excluding hydrogens is 210 g/mol. The minimum absolute atomic E-state index is 0.149. The number of hydrogen-bond acceptors (Lipinski definition) is 4. The molecule has 1 atom stereocenters. The van der Waals surface area contributed by atoms with Gasteiger partial charge in [0.2, 0.25) is 11.8 Å². The Bertz CT molecular complexity index is 274. The van der Waals surface area contributed by atoms with E-state index in [2.05, 4.69) is 5.32 Å². The van der Waals surface area contributed by atoms with Crippen molar-refractivity contribution in [2.45, 2.75) is 43.7 Å². The number of nitrogens with one attached hydrogen (secondary N) is 1. The van der Waals surface area contributed by atoms with Crippen LogP contribution in [0.25, 0.3) is 0 Å². The first-order chi connectivity index (χ1) is 7.43. The number of aliphatic hydroxyl groups is 1. The highest BCUT2D eigenvalue weighted by Crippen LogP contribution is 2.29. The quantitative estimate of drug-likeness (QED) is 0.464. The van der Waals surface area contributed by atoms with Crippen LogP contribution < -0.4 is 16.8 Å². The Morgan fingerprint density at radius 1 is 1.38 bits per heavy atom. The molecule has 0 heterocycles. The average Bonchev–Trinajstić information content (AvgIpc) is 2.60. The van der Waals surface area contributed by atoms with Gasteiger partial charge in [0.1, 0.15) is 6.10 Å². The van der Waals surface area contributed by atoms with Crippen LogP contribution in [-0.4, -0.2) is 35.1 Å². The highest BCUT2D eigenvalue weighted by molar-refractivity contribution is 5.81. The first-order valence-corrected chi connectivity index (χ1v) is 5.46. The van der Waals surface area contributed by atoms with E-state index >= 15 is 0 Å². The summed E-state index contributed by atoms with van der Waals surface area (Å²) >= 11 is 0. The van der Waals surface area contributed by atoms with Crippen LogP contribution in [0.5, 0.6) is 0 Å². The second-order valence-corrected chi connectivity index (χ2v) is 4.47. The van der Waals surface area contributed by atoms with Gasteiger partial charge in [0.25, 0.3) is 0 Å². The fourth-order valence-corrected chi connectivity index (χ4v) is 1.95. The van der Waals surface area contributed by atoms with Crippen LogP contribution in [0.3, 0.4) is 0 Å². The second-order valence-electron chi connectivity index (χ2n) is 4.47. The Morgan fingerprint density at radius 2 is 1.94 bits per heavy atom. The molecule has 6 nitrogen and oxygen atoms in total. The normalized spacial score (nSPS) is 20.4. The number of aliphatic hydroxyl groups excluding tert-OH is 1. The molecule has 0 saturated heterocycles. The Hall–Kier alpha value is -1.14. The number of rotatable bonds is 5. The summed E-state index contributed by atoms with van der Waals surface area (Å²) in [5.74, 6) is -1.09. The van der Waals surface area contributed by atoms with E-state index in [1.807, 2.05) is 0 Å². The number of primary amides is 1. The summed E-state index contributed by atoms with van der Waals surface area (Å²) in [6.45, 7) is -0.149. The van der Waals surface area contributed by atoms with E-state index in [4.69, 9.17) is 16.6 Å². The monoisotopic (exact) mass is 229 g/mol. The summed E-state index contributed by atoms with van der Waals surface area (Å²) in [7, 11) is 0. The molecule has 0 aromatic carbocycles. The molecular formula is C10H19N3O3. The van der Waals surface area contributed by atoms with Gasteiger partial charge in [0.15, 0.2) is 0 Å². The van der Waals surface area contributed by atoms with Gasteiger partial charge in [-0.05, 0) is 12.8 Å². The first-order valence-electron chi connectivity index (χ1n) is 5.46. The minimum atomic E-state index is -1.33. The number of amides is 2. The van der Waals surface area contributed by atoms with Crippen LogP contribution >= 0.6 is 0 Å². The average molecular weight is 229 g/mol. The maximum atomic E-state index is 11.5. The summed E-state index contributed by atoms with van der Waals surface area (Å²) in [4.78, 5) is 22.0. The predicted molar refractivity (Wildman–Crippen MR) is 58.2 cm³/mol. The van der Waals surface area contributed by atoms with E-state index in [-0.39, 0.29) is 18.9 Å². The van der Waals surface area contributed by atoms with Crippen molar-refractivity contribution < 1.29 is 14.7 Å². The molecule has 1 aliphatic carbocycles. The fraction of sp³-hybridized carbons (Fsp3) is 0.800. The zero-order chi connectivity index (χ0) is 12.2. The van der Waals surface area contributed by atoms with Crippen molar-refractivity contribution in [3.63, 3.8) is 0 Å². The van der Waals surface area contributed by atoms with Crippen molar-refractivity contribution in [1.29, 1.82) is 0 Å². The molecule has 1 unspecified atom stereocenters. The lowest BCUT2D eigenvalue weighted by Gasteiger charge is -2.22. The third-order valence-corrected chi connectivity index (χ3v) is 2.93. The molecule has 0 aromatic rings. The molecule has 1 aliphatic rings. The summed E-state index contributed by atoms with van der Waals surface area (Å²) in [6, 6.07) is 0. The Labute approximate surface area is 94.4 Å². The third kappa shape index (κ3) is 3.79. The zero-order valence-corrected chi connectivity index (χ0v) is 9.24. The Balaban J connectivity index is 2.28. The van der Waals surface area contributed by atoms with Crippen molar-refractivity contribution in [3.05, 3.63) is 0 Å². The Kier molecular flexibility index (Phi) is 4.26. The number of nitrogens with two attached hydrogens (primary N) is 2. The van der Waals surface area contributed by atoms with Gasteiger partial charge in [-0.1, -0.05) is 12.8 Å². The molecule has 92 valence electrons. The SMILES string of the molecule is NC(=O)C(O)CNC(=O)CC1(N)CCCC1. The van der Waals surface area contributed by atoms with E-state index in [0.29, 0.717) is 0 Å². The summed E-state index contributed by atoms with van der Waals surface area (Å²) < 4.78 is 0. The van der Waals surface area contributed by atoms with E-state index < -0.39 is 17.6 Å². The van der Waals surface area contributed by atoms with Crippen molar-refractivity contribution in [2.24, 2.45) is 11.5 Å². The topological polar surface area (TPSA) is 118 Å². The first kappa shape index (κ1) is 12.9. The van der Waals surface area contributed by atoms with E-state index in [0.717, 1.165) is 25.7 Å². The van der Waals surface area contributed by atoms with Crippen molar-refractivity contribution >= 4 is 11.8 Å². The highest BCUT2D eigenvalue weighted by Gasteiger charge is 2.31. The molecule has 1 saturated carbocycles. The van der Waals surface area contributed by atoms with Crippen LogP contribution in [0.15, 0.2) is 0 Å². The van der Waals surface area contributed by atoms with Crippen LogP contribution in [0.4, 0.5) is 0 Å². The van der Waals surface area contributed by atoms with E-state index in [1.54, 1.807) is 0 Å². The maximum Gasteiger partial charge on any atom is 0.248 e. The fourth-order valence-electron chi connectivity index (χ4n) is 1.95. The van der Waals surface area contributed by atoms with Gasteiger partial charge in [-0.2, -0.15) is 0 Å². The van der Waals surface area contributed by atoms with Gasteiger partial charge in [-0.3, -0.25) is 9.59 Å². The molecule has 0 aliphatic heterocycles. The second kappa shape index (κ2) is 5.27. The number of carbonyl (C=O) groups is 2. The molecule has 0 radical (unpaired) electrons. The number of carbonyl (C=O) groups excluding carboxylic acids is 2. The van der Waals surface area contributed by atoms with E-state index in [9.17, 15) is 9.59 Å². The summed E-state index contributed by atoms with van der Waals surface area (Å²) in [5, 5.41) is 11.5. The van der Waals surface area contributed by atoms with Crippen LogP contribution in [0, 0.1) is 0 Å². The van der Waals surface area contributed by atoms with Crippen LogP contribution in [0.1, 0.15) is 32.1 Å². The minimum Gasteiger partial charge on any atom is -0.381 e. The zero-order valence-electron chi connectivity index (χ0n) is 9.24. The smallest absolute Gasteiger partial charge is 0.248 e. The lowest BCUT2D eigenvalue weighted by atomic mass is 9.94. The van der Waals surface area contributed by atoms with Gasteiger partial charge < -0.3 is 21.9 Å². The Morgan fingerprint density at radius 3 is 2.44 bits per heavy atom. The molecule has 2 amide bonds. The maximum absolute atomic E-state index is 11.5. The molecule has 0 bridgehead atoms. The molecule has 1 fully saturated rings. The van der Waals surface area contributed by atoms with Crippen molar-refractivity contribution in [2.75, 3.05) is 6.54 Å². The van der Waals surface area contributed by atoms with E-state index in [1.165, 1.54) is 0 Å². The number of hydrogen-bond donors (Lipinski definition) is 4. The summed E-state index contributed by atoms with van der Waals surface area (Å²) in [6.07, 6.45) is 2.69. The van der Waals surface area contributed by atoms with Gasteiger partial charge in [0.05, 0.1) is 6.54 Å². The summed E-state index contributed by atoms with van der Waals surface area (Å²) in [5.41, 5.74) is 10.4. The van der Waals surface area contributed by atoms with Crippen molar-refractivity contribution in [1.82, 2.24) is 5.32 Å². The predicted octanol–water partition coefficient (Wildman–Crippen LogP) is -1.39. The lowest BCUT2D eigenvalue weighted by Crippen LogP contribution is -2.45. The third-order valence-electron chi connectivity index (χ3n) is 2.93. The van der Waals surface area contributed by atoms with Gasteiger partial charge in [0, 0.05) is 12.0 Å². The van der Waals surface area contributed by atoms with Crippen LogP contribution in [0.2, 0.25) is 0 Å². The van der Waals surface area contributed by atoms with Gasteiger partial charge >= 0.3 is 0 Å². The van der Waals surface area contributed by atoms with Crippen molar-refractivity contribution in [3.8, 4) is 0 Å².